The predicted octanol–water partition coefficient (Wildman–Crippen LogP) is 6.72. The molecule has 0 saturated carbocycles. The van der Waals surface area contributed by atoms with Crippen LogP contribution in [0.2, 0.25) is 13.1 Å². The first-order valence-electron chi connectivity index (χ1n) is 10.4. The third-order valence-corrected chi connectivity index (χ3v) is 7.32. The Balaban J connectivity index is 1.85. The highest BCUT2D eigenvalue weighted by atomic mass is 28.3. The fourth-order valence-corrected chi connectivity index (χ4v) is 5.37. The van der Waals surface area contributed by atoms with Crippen LogP contribution in [-0.2, 0) is 0 Å². The van der Waals surface area contributed by atoms with Crippen LogP contribution in [0.1, 0.15) is 49.8 Å². The van der Waals surface area contributed by atoms with Gasteiger partial charge in [-0.3, -0.25) is 0 Å². The number of nitrogens with one attached hydrogen (secondary N) is 1. The molecule has 142 valence electrons. The molecule has 0 bridgehead atoms. The van der Waals surface area contributed by atoms with Crippen molar-refractivity contribution in [2.75, 3.05) is 0 Å². The van der Waals surface area contributed by atoms with Crippen molar-refractivity contribution in [2.24, 2.45) is 0 Å². The first-order valence-corrected chi connectivity index (χ1v) is 13.3. The van der Waals surface area contributed by atoms with Crippen molar-refractivity contribution in [1.82, 2.24) is 5.32 Å². The van der Waals surface area contributed by atoms with Gasteiger partial charge in [-0.15, -0.1) is 0 Å². The molecule has 1 aliphatic rings. The first kappa shape index (κ1) is 19.7. The molecule has 0 aromatic heterocycles. The molecule has 27 heavy (non-hydrogen) atoms. The summed E-state index contributed by atoms with van der Waals surface area (Å²) in [6, 6.07) is 17.8. The molecule has 2 aromatic carbocycles. The normalized spacial score (nSPS) is 16.7. The highest BCUT2D eigenvalue weighted by Crippen LogP contribution is 2.32. The highest BCUT2D eigenvalue weighted by Gasteiger charge is 2.20. The van der Waals surface area contributed by atoms with Gasteiger partial charge in [0.05, 0.1) is 14.8 Å². The molecule has 1 aliphatic heterocycles. The molecule has 0 fully saturated rings. The fraction of sp³-hybridized carbons (Fsp3) is 0.360. The average Bonchev–Trinajstić information content (AvgIpc) is 2.68. The van der Waals surface area contributed by atoms with E-state index in [0.717, 1.165) is 0 Å². The van der Waals surface area contributed by atoms with Crippen molar-refractivity contribution in [3.05, 3.63) is 82.7 Å². The Morgan fingerprint density at radius 2 is 1.74 bits per heavy atom. The zero-order chi connectivity index (χ0) is 19.2. The maximum atomic E-state index is 3.68. The lowest BCUT2D eigenvalue weighted by Crippen LogP contribution is -2.24. The smallest absolute Gasteiger partial charge is 0.0700 e. The molecule has 0 saturated heterocycles. The van der Waals surface area contributed by atoms with E-state index >= 15 is 0 Å². The molecule has 2 heteroatoms. The largest absolute Gasteiger partial charge is 0.381 e. The highest BCUT2D eigenvalue weighted by molar-refractivity contribution is 6.65. The zero-order valence-electron chi connectivity index (χ0n) is 17.3. The summed E-state index contributed by atoms with van der Waals surface area (Å²) >= 11 is 0. The number of rotatable bonds is 7. The Morgan fingerprint density at radius 3 is 2.41 bits per heavy atom. The van der Waals surface area contributed by atoms with E-state index in [1.165, 1.54) is 47.9 Å². The monoisotopic (exact) mass is 375 g/mol. The molecule has 1 heterocycles. The summed E-state index contributed by atoms with van der Waals surface area (Å²) in [5.74, 6) is 0. The molecule has 3 rings (SSSR count). The maximum absolute atomic E-state index is 3.68. The van der Waals surface area contributed by atoms with Gasteiger partial charge in [-0.1, -0.05) is 87.5 Å². The third kappa shape index (κ3) is 4.81. The van der Waals surface area contributed by atoms with Crippen LogP contribution in [0.25, 0.3) is 11.1 Å². The zero-order valence-corrected chi connectivity index (χ0v) is 18.4. The molecule has 1 N–H and O–H groups in total. The van der Waals surface area contributed by atoms with Crippen molar-refractivity contribution in [3.8, 4) is 11.1 Å². The van der Waals surface area contributed by atoms with Crippen molar-refractivity contribution < 1.29 is 0 Å². The van der Waals surface area contributed by atoms with Crippen LogP contribution in [0.15, 0.2) is 71.6 Å². The minimum Gasteiger partial charge on any atom is -0.381 e. The molecule has 2 aromatic rings. The van der Waals surface area contributed by atoms with Crippen molar-refractivity contribution in [3.63, 3.8) is 0 Å². The third-order valence-electron chi connectivity index (χ3n) is 5.54. The SMILES string of the molecule is CCCCCC1=CC(c2ccc(-c3ccccc3)cc2C)NC=C1[SiH](C)C. The summed E-state index contributed by atoms with van der Waals surface area (Å²) in [6.45, 7) is 9.39. The minimum atomic E-state index is -0.814. The van der Waals surface area contributed by atoms with Gasteiger partial charge in [0.15, 0.2) is 0 Å². The van der Waals surface area contributed by atoms with Crippen molar-refractivity contribution in [1.29, 1.82) is 0 Å². The second-order valence-corrected chi connectivity index (χ2v) is 10.9. The fourth-order valence-electron chi connectivity index (χ4n) is 3.96. The average molecular weight is 376 g/mol. The van der Waals surface area contributed by atoms with Crippen LogP contribution in [0.3, 0.4) is 0 Å². The molecule has 0 aliphatic carbocycles. The van der Waals surface area contributed by atoms with E-state index in [9.17, 15) is 0 Å². The molecule has 0 amide bonds. The second kappa shape index (κ2) is 9.23. The van der Waals surface area contributed by atoms with E-state index in [4.69, 9.17) is 0 Å². The summed E-state index contributed by atoms with van der Waals surface area (Å²) in [6.07, 6.45) is 9.97. The summed E-state index contributed by atoms with van der Waals surface area (Å²) in [4.78, 5) is 0. The Hall–Kier alpha value is -2.06. The minimum absolute atomic E-state index is 0.294. The number of unbranched alkanes of at least 4 members (excludes halogenated alkanes) is 2. The van der Waals surface area contributed by atoms with E-state index in [1.54, 1.807) is 10.8 Å². The lowest BCUT2D eigenvalue weighted by molar-refractivity contribution is 0.687. The predicted molar refractivity (Wildman–Crippen MR) is 122 cm³/mol. The van der Waals surface area contributed by atoms with Gasteiger partial charge in [0.25, 0.3) is 0 Å². The maximum Gasteiger partial charge on any atom is 0.0700 e. The van der Waals surface area contributed by atoms with Gasteiger partial charge in [0.2, 0.25) is 0 Å². The van der Waals surface area contributed by atoms with Gasteiger partial charge in [-0.2, -0.15) is 0 Å². The van der Waals surface area contributed by atoms with Gasteiger partial charge < -0.3 is 5.32 Å². The van der Waals surface area contributed by atoms with E-state index < -0.39 is 8.80 Å². The summed E-state index contributed by atoms with van der Waals surface area (Å²) < 4.78 is 0. The summed E-state index contributed by atoms with van der Waals surface area (Å²) in [5, 5.41) is 5.30. The van der Waals surface area contributed by atoms with Crippen LogP contribution in [0.5, 0.6) is 0 Å². The van der Waals surface area contributed by atoms with Gasteiger partial charge in [-0.05, 0) is 59.0 Å². The number of dihydropyridines is 1. The van der Waals surface area contributed by atoms with E-state index in [-0.39, 0.29) is 0 Å². The number of hydrogen-bond acceptors (Lipinski definition) is 1. The lowest BCUT2D eigenvalue weighted by Gasteiger charge is -2.27. The molecular weight excluding hydrogens is 342 g/mol. The first-order chi connectivity index (χ1) is 13.1. The van der Waals surface area contributed by atoms with Gasteiger partial charge in [0, 0.05) is 0 Å². The van der Waals surface area contributed by atoms with Crippen LogP contribution < -0.4 is 5.32 Å². The Morgan fingerprint density at radius 1 is 0.963 bits per heavy atom. The van der Waals surface area contributed by atoms with Crippen LogP contribution in [0, 0.1) is 6.92 Å². The van der Waals surface area contributed by atoms with Gasteiger partial charge in [-0.25, -0.2) is 0 Å². The molecule has 1 atom stereocenters. The van der Waals surface area contributed by atoms with E-state index in [1.807, 2.05) is 0 Å². The van der Waals surface area contributed by atoms with E-state index in [2.05, 4.69) is 93.1 Å². The topological polar surface area (TPSA) is 12.0 Å². The van der Waals surface area contributed by atoms with Crippen LogP contribution >= 0.6 is 0 Å². The summed E-state index contributed by atoms with van der Waals surface area (Å²) in [7, 11) is -0.814. The molecule has 1 unspecified atom stereocenters. The number of aryl methyl sites for hydroxylation is 1. The Kier molecular flexibility index (Phi) is 6.73. The standard InChI is InChI=1S/C25H33NSi/c1-5-6-8-13-22-17-24(26-18-25(22)27(3)4)23-15-14-21(16-19(23)2)20-11-9-7-10-12-20/h7,9-12,14-18,24,26-27H,5-6,8,13H2,1-4H3. The molecule has 0 radical (unpaired) electrons. The van der Waals surface area contributed by atoms with E-state index in [0.29, 0.717) is 6.04 Å². The number of hydrogen-bond donors (Lipinski definition) is 1. The van der Waals surface area contributed by atoms with Gasteiger partial charge >= 0.3 is 0 Å². The Bertz CT molecular complexity index is 817. The molecule has 0 spiro atoms. The molecular formula is C25H33NSi. The van der Waals surface area contributed by atoms with Crippen molar-refractivity contribution in [2.45, 2.75) is 58.7 Å². The number of benzene rings is 2. The molecule has 1 nitrogen and oxygen atoms in total. The summed E-state index contributed by atoms with van der Waals surface area (Å²) in [5.41, 5.74) is 6.93. The van der Waals surface area contributed by atoms with Crippen molar-refractivity contribution >= 4 is 8.80 Å². The van der Waals surface area contributed by atoms with Gasteiger partial charge in [0.1, 0.15) is 0 Å². The lowest BCUT2D eigenvalue weighted by atomic mass is 9.93. The number of allylic oxidation sites excluding steroid dienone is 2. The second-order valence-electron chi connectivity index (χ2n) is 7.99. The Labute approximate surface area is 166 Å². The van der Waals surface area contributed by atoms with Crippen LogP contribution in [-0.4, -0.2) is 8.80 Å². The quantitative estimate of drug-likeness (QED) is 0.418. The van der Waals surface area contributed by atoms with Crippen LogP contribution in [0.4, 0.5) is 0 Å².